The number of carboxylic acids is 1. The highest BCUT2D eigenvalue weighted by molar-refractivity contribution is 5.96. The third kappa shape index (κ3) is 8.81. The monoisotopic (exact) mass is 581 g/mol. The van der Waals surface area contributed by atoms with E-state index in [4.69, 9.17) is 39.7 Å². The Bertz CT molecular complexity index is 1340. The van der Waals surface area contributed by atoms with Gasteiger partial charge in [0.1, 0.15) is 11.9 Å². The maximum atomic E-state index is 13.2. The van der Waals surface area contributed by atoms with E-state index in [1.807, 2.05) is 0 Å². The summed E-state index contributed by atoms with van der Waals surface area (Å²) in [4.78, 5) is 34.2. The smallest absolute Gasteiger partial charge is 0.490 e. The van der Waals surface area contributed by atoms with E-state index in [2.05, 4.69) is 16.2 Å². The van der Waals surface area contributed by atoms with Gasteiger partial charge in [0.15, 0.2) is 17.3 Å². The first-order valence-corrected chi connectivity index (χ1v) is 11.3. The number of hydrogen-bond donors (Lipinski definition) is 6. The van der Waals surface area contributed by atoms with Crippen LogP contribution in [0.4, 0.5) is 18.9 Å². The van der Waals surface area contributed by atoms with E-state index in [0.717, 1.165) is 0 Å². The molecule has 1 heterocycles. The van der Waals surface area contributed by atoms with Crippen LogP contribution in [-0.4, -0.2) is 56.2 Å². The third-order valence-electron chi connectivity index (χ3n) is 5.08. The predicted octanol–water partition coefficient (Wildman–Crippen LogP) is 2.84. The second-order valence-electron chi connectivity index (χ2n) is 7.75. The lowest BCUT2D eigenvalue weighted by molar-refractivity contribution is -0.192. The molecule has 0 radical (unpaired) electrons. The number of amidine groups is 1. The molecule has 0 aliphatic heterocycles. The van der Waals surface area contributed by atoms with Gasteiger partial charge < -0.3 is 34.8 Å². The Labute approximate surface area is 230 Å². The molecule has 0 aliphatic rings. The molecule has 41 heavy (non-hydrogen) atoms. The standard InChI is InChI=1S/C23H25N5O6.C2HF3O2/c1-31-17-11-14(12-18(32-2)20(17)33-3)19(26-15-8-6-13(7-9-15)21(24)25)23(30)28-27-22(29)16-5-4-10-34-16;3-2(4,5)1(6)7/h4-12,19,26H,1-3H3,(H3,24,25)(H,27,29)(H,28,30);(H,6,7). The van der Waals surface area contributed by atoms with E-state index in [-0.39, 0.29) is 11.6 Å². The van der Waals surface area contributed by atoms with E-state index in [1.165, 1.54) is 33.7 Å². The Morgan fingerprint density at radius 3 is 1.95 bits per heavy atom. The number of benzene rings is 2. The third-order valence-corrected chi connectivity index (χ3v) is 5.08. The number of methoxy groups -OCH3 is 3. The van der Waals surface area contributed by atoms with Crippen LogP contribution in [0.2, 0.25) is 0 Å². The molecule has 0 aliphatic carbocycles. The van der Waals surface area contributed by atoms with Gasteiger partial charge in [0, 0.05) is 11.3 Å². The number of hydrogen-bond acceptors (Lipinski definition) is 9. The summed E-state index contributed by atoms with van der Waals surface area (Å²) in [5, 5.41) is 17.8. The molecule has 16 heteroatoms. The molecule has 13 nitrogen and oxygen atoms in total. The lowest BCUT2D eigenvalue weighted by Crippen LogP contribution is -2.45. The summed E-state index contributed by atoms with van der Waals surface area (Å²) >= 11 is 0. The summed E-state index contributed by atoms with van der Waals surface area (Å²) in [5.74, 6) is -2.93. The fourth-order valence-electron chi connectivity index (χ4n) is 3.14. The van der Waals surface area contributed by atoms with E-state index in [9.17, 15) is 22.8 Å². The van der Waals surface area contributed by atoms with E-state index in [0.29, 0.717) is 34.1 Å². The zero-order chi connectivity index (χ0) is 30.7. The highest BCUT2D eigenvalue weighted by Gasteiger charge is 2.38. The summed E-state index contributed by atoms with van der Waals surface area (Å²) in [6.07, 6.45) is -3.73. The number of furan rings is 1. The van der Waals surface area contributed by atoms with Crippen LogP contribution in [0.25, 0.3) is 0 Å². The Morgan fingerprint density at radius 2 is 1.54 bits per heavy atom. The Kier molecular flexibility index (Phi) is 10.9. The largest absolute Gasteiger partial charge is 0.493 e. The molecule has 2 aromatic carbocycles. The van der Waals surface area contributed by atoms with Crippen LogP contribution in [0, 0.1) is 5.41 Å². The number of rotatable bonds is 9. The van der Waals surface area contributed by atoms with Crippen molar-refractivity contribution in [2.24, 2.45) is 5.73 Å². The molecule has 3 rings (SSSR count). The molecule has 0 spiro atoms. The van der Waals surface area contributed by atoms with Crippen LogP contribution in [0.1, 0.15) is 27.7 Å². The number of ether oxygens (including phenoxy) is 3. The minimum Gasteiger partial charge on any atom is -0.493 e. The summed E-state index contributed by atoms with van der Waals surface area (Å²) in [7, 11) is 4.41. The van der Waals surface area contributed by atoms with Gasteiger partial charge in [-0.1, -0.05) is 0 Å². The minimum atomic E-state index is -5.08. The number of carboxylic acid groups (broad SMARTS) is 1. The van der Waals surface area contributed by atoms with Crippen LogP contribution < -0.4 is 36.1 Å². The SMILES string of the molecule is COc1cc(C(Nc2ccc(C(=N)N)cc2)C(=O)NNC(=O)c2ccco2)cc(OC)c1OC.O=C(O)C(F)(F)F. The molecule has 0 saturated heterocycles. The first-order valence-electron chi connectivity index (χ1n) is 11.3. The first-order chi connectivity index (χ1) is 19.3. The molecule has 0 bridgehead atoms. The van der Waals surface area contributed by atoms with E-state index >= 15 is 0 Å². The summed E-state index contributed by atoms with van der Waals surface area (Å²) in [6, 6.07) is 11.9. The second-order valence-corrected chi connectivity index (χ2v) is 7.75. The van der Waals surface area contributed by atoms with Crippen molar-refractivity contribution in [3.8, 4) is 17.2 Å². The number of aliphatic carboxylic acids is 1. The number of hydrazine groups is 1. The minimum absolute atomic E-state index is 0.0393. The number of carbonyl (C=O) groups excluding carboxylic acids is 2. The number of nitrogens with one attached hydrogen (secondary N) is 4. The van der Waals surface area contributed by atoms with Crippen LogP contribution >= 0.6 is 0 Å². The highest BCUT2D eigenvalue weighted by atomic mass is 19.4. The van der Waals surface area contributed by atoms with Crippen molar-refractivity contribution in [1.29, 1.82) is 5.41 Å². The lowest BCUT2D eigenvalue weighted by Gasteiger charge is -2.22. The van der Waals surface area contributed by atoms with Crippen molar-refractivity contribution in [2.75, 3.05) is 26.6 Å². The Hall–Kier alpha value is -5.41. The van der Waals surface area contributed by atoms with Gasteiger partial charge in [0.2, 0.25) is 5.75 Å². The molecule has 1 aromatic heterocycles. The molecule has 1 unspecified atom stereocenters. The molecule has 7 N–H and O–H groups in total. The fraction of sp³-hybridized carbons (Fsp3) is 0.200. The molecule has 2 amide bonds. The predicted molar refractivity (Wildman–Crippen MR) is 138 cm³/mol. The van der Waals surface area contributed by atoms with Gasteiger partial charge in [0.05, 0.1) is 27.6 Å². The zero-order valence-corrected chi connectivity index (χ0v) is 21.8. The van der Waals surface area contributed by atoms with Gasteiger partial charge >= 0.3 is 18.1 Å². The maximum absolute atomic E-state index is 13.2. The summed E-state index contributed by atoms with van der Waals surface area (Å²) in [6.45, 7) is 0. The lowest BCUT2D eigenvalue weighted by atomic mass is 10.0. The summed E-state index contributed by atoms with van der Waals surface area (Å²) in [5.41, 5.74) is 11.8. The quantitative estimate of drug-likeness (QED) is 0.124. The van der Waals surface area contributed by atoms with Crippen molar-refractivity contribution < 1.29 is 51.3 Å². The number of anilines is 1. The van der Waals surface area contributed by atoms with Gasteiger partial charge in [-0.05, 0) is 54.1 Å². The van der Waals surface area contributed by atoms with Crippen LogP contribution in [0.5, 0.6) is 17.2 Å². The van der Waals surface area contributed by atoms with Crippen LogP contribution in [0.3, 0.4) is 0 Å². The number of alkyl halides is 3. The van der Waals surface area contributed by atoms with Gasteiger partial charge in [0.25, 0.3) is 5.91 Å². The van der Waals surface area contributed by atoms with Crippen LogP contribution in [-0.2, 0) is 9.59 Å². The normalized spacial score (nSPS) is 11.2. The first kappa shape index (κ1) is 31.8. The molecule has 1 atom stereocenters. The maximum Gasteiger partial charge on any atom is 0.490 e. The number of carbonyl (C=O) groups is 3. The molecular weight excluding hydrogens is 555 g/mol. The second kappa shape index (κ2) is 14.1. The summed E-state index contributed by atoms with van der Waals surface area (Å²) < 4.78 is 52.9. The van der Waals surface area contributed by atoms with Crippen LogP contribution in [0.15, 0.2) is 59.2 Å². The number of nitrogen functional groups attached to an aromatic ring is 1. The highest BCUT2D eigenvalue weighted by Crippen LogP contribution is 2.40. The van der Waals surface area contributed by atoms with E-state index in [1.54, 1.807) is 42.5 Å². The van der Waals surface area contributed by atoms with Crippen molar-refractivity contribution in [3.63, 3.8) is 0 Å². The van der Waals surface area contributed by atoms with Crippen molar-refractivity contribution in [2.45, 2.75) is 12.2 Å². The Balaban J connectivity index is 0.000000745. The number of amides is 2. The molecular formula is C25H26F3N5O8. The average molecular weight is 582 g/mol. The van der Waals surface area contributed by atoms with Crippen molar-refractivity contribution in [3.05, 3.63) is 71.7 Å². The number of nitrogens with two attached hydrogens (primary N) is 1. The molecule has 0 fully saturated rings. The van der Waals surface area contributed by atoms with Gasteiger partial charge in [-0.2, -0.15) is 13.2 Å². The number of halogens is 3. The fourth-order valence-corrected chi connectivity index (χ4v) is 3.14. The van der Waals surface area contributed by atoms with Crippen molar-refractivity contribution >= 4 is 29.3 Å². The topological polar surface area (TPSA) is 198 Å². The van der Waals surface area contributed by atoms with Gasteiger partial charge in [-0.3, -0.25) is 25.8 Å². The molecule has 220 valence electrons. The van der Waals surface area contributed by atoms with E-state index < -0.39 is 30.0 Å². The van der Waals surface area contributed by atoms with Crippen molar-refractivity contribution in [1.82, 2.24) is 10.9 Å². The molecule has 0 saturated carbocycles. The van der Waals surface area contributed by atoms with Gasteiger partial charge in [-0.25, -0.2) is 4.79 Å². The molecule has 3 aromatic rings. The van der Waals surface area contributed by atoms with Gasteiger partial charge in [-0.15, -0.1) is 0 Å². The average Bonchev–Trinajstić information content (AvgIpc) is 3.49. The Morgan fingerprint density at radius 1 is 0.976 bits per heavy atom. The zero-order valence-electron chi connectivity index (χ0n) is 21.8.